The quantitative estimate of drug-likeness (QED) is 0.409. The second-order valence-electron chi connectivity index (χ2n) is 7.95. The molecule has 166 valence electrons. The van der Waals surface area contributed by atoms with Crippen LogP contribution >= 0.6 is 11.6 Å². The molecule has 3 aromatic heterocycles. The number of halogens is 1. The fraction of sp³-hybridized carbons (Fsp3) is 0.167. The third-order valence-corrected chi connectivity index (χ3v) is 6.18. The van der Waals surface area contributed by atoms with E-state index >= 15 is 0 Å². The Labute approximate surface area is 192 Å². The number of benzene rings is 2. The molecule has 0 fully saturated rings. The second-order valence-corrected chi connectivity index (χ2v) is 8.39. The number of carbonyl (C=O) groups is 1. The number of fused-ring (bicyclic) bond motifs is 3. The number of ketones is 1. The molecule has 9 heteroatoms. The molecule has 0 aliphatic heterocycles. The summed E-state index contributed by atoms with van der Waals surface area (Å²) in [7, 11) is 1.55. The van der Waals surface area contributed by atoms with Gasteiger partial charge in [-0.2, -0.15) is 4.98 Å². The zero-order valence-corrected chi connectivity index (χ0v) is 18.9. The zero-order chi connectivity index (χ0) is 23.4. The monoisotopic (exact) mass is 461 g/mol. The van der Waals surface area contributed by atoms with Gasteiger partial charge in [-0.05, 0) is 38.1 Å². The topological polar surface area (TPSA) is 83.3 Å². The molecule has 3 heterocycles. The summed E-state index contributed by atoms with van der Waals surface area (Å²) in [6, 6.07) is 16.1. The molecule has 0 saturated carbocycles. The Hall–Kier alpha value is -3.91. The second kappa shape index (κ2) is 7.60. The van der Waals surface area contributed by atoms with Gasteiger partial charge in [-0.25, -0.2) is 9.36 Å². The summed E-state index contributed by atoms with van der Waals surface area (Å²) in [5.41, 5.74) is 1.86. The van der Waals surface area contributed by atoms with Gasteiger partial charge in [-0.15, -0.1) is 0 Å². The number of hydrogen-bond donors (Lipinski definition) is 0. The Bertz CT molecular complexity index is 1660. The SMILES string of the molecule is CC(=O)[C@@H](C)n1c(=O)c2c(nc3n(-c4ccc(Cl)cc4)c(-c4ccccc4)cn23)n(C)c1=O. The molecular weight excluding hydrogens is 442 g/mol. The van der Waals surface area contributed by atoms with Crippen molar-refractivity contribution in [1.82, 2.24) is 23.1 Å². The average molecular weight is 462 g/mol. The molecule has 0 unspecified atom stereocenters. The third kappa shape index (κ3) is 3.14. The normalized spacial score (nSPS) is 12.5. The van der Waals surface area contributed by atoms with Gasteiger partial charge in [0.05, 0.1) is 11.7 Å². The number of aromatic nitrogens is 5. The van der Waals surface area contributed by atoms with Gasteiger partial charge >= 0.3 is 5.69 Å². The van der Waals surface area contributed by atoms with Crippen LogP contribution in [0.5, 0.6) is 0 Å². The van der Waals surface area contributed by atoms with Gasteiger partial charge in [-0.3, -0.25) is 23.1 Å². The van der Waals surface area contributed by atoms with Crippen molar-refractivity contribution in [2.75, 3.05) is 0 Å². The standard InChI is InChI=1S/C24H20ClN5O3/c1-14(15(2)31)29-22(32)20-21(27(3)24(29)33)26-23-28(20)13-19(16-7-5-4-6-8-16)30(23)18-11-9-17(25)10-12-18/h4-14H,1-3H3/t14-/m1/s1. The molecule has 0 saturated heterocycles. The van der Waals surface area contributed by atoms with E-state index in [0.29, 0.717) is 10.8 Å². The molecule has 0 aliphatic rings. The van der Waals surface area contributed by atoms with Crippen molar-refractivity contribution in [3.05, 3.63) is 86.7 Å². The smallest absolute Gasteiger partial charge is 0.298 e. The summed E-state index contributed by atoms with van der Waals surface area (Å²) in [5, 5.41) is 0.597. The summed E-state index contributed by atoms with van der Waals surface area (Å²) >= 11 is 6.10. The molecule has 0 spiro atoms. The van der Waals surface area contributed by atoms with E-state index in [-0.39, 0.29) is 16.9 Å². The summed E-state index contributed by atoms with van der Waals surface area (Å²) in [6.45, 7) is 2.90. The lowest BCUT2D eigenvalue weighted by Crippen LogP contribution is -2.42. The lowest BCUT2D eigenvalue weighted by Gasteiger charge is -2.12. The van der Waals surface area contributed by atoms with E-state index in [1.807, 2.05) is 53.2 Å². The zero-order valence-electron chi connectivity index (χ0n) is 18.2. The van der Waals surface area contributed by atoms with Gasteiger partial charge in [0.1, 0.15) is 0 Å². The Morgan fingerprint density at radius 2 is 1.70 bits per heavy atom. The molecule has 2 aromatic carbocycles. The van der Waals surface area contributed by atoms with Crippen molar-refractivity contribution in [1.29, 1.82) is 0 Å². The Morgan fingerprint density at radius 3 is 2.33 bits per heavy atom. The molecule has 0 radical (unpaired) electrons. The van der Waals surface area contributed by atoms with Crippen LogP contribution in [0.25, 0.3) is 33.9 Å². The summed E-state index contributed by atoms with van der Waals surface area (Å²) < 4.78 is 5.88. The van der Waals surface area contributed by atoms with Crippen LogP contribution in [0.4, 0.5) is 0 Å². The largest absolute Gasteiger partial charge is 0.333 e. The minimum absolute atomic E-state index is 0.227. The van der Waals surface area contributed by atoms with Gasteiger partial charge in [-0.1, -0.05) is 41.9 Å². The van der Waals surface area contributed by atoms with Crippen LogP contribution in [0.2, 0.25) is 5.02 Å². The van der Waals surface area contributed by atoms with Gasteiger partial charge in [0.2, 0.25) is 5.78 Å². The Morgan fingerprint density at radius 1 is 1.03 bits per heavy atom. The fourth-order valence-electron chi connectivity index (χ4n) is 4.04. The van der Waals surface area contributed by atoms with Gasteiger partial charge in [0, 0.05) is 29.5 Å². The van der Waals surface area contributed by atoms with Crippen LogP contribution in [0, 0.1) is 0 Å². The number of hydrogen-bond acceptors (Lipinski definition) is 4. The molecule has 8 nitrogen and oxygen atoms in total. The van der Waals surface area contributed by atoms with Crippen LogP contribution in [0.3, 0.4) is 0 Å². The lowest BCUT2D eigenvalue weighted by molar-refractivity contribution is -0.119. The first-order chi connectivity index (χ1) is 15.8. The number of imidazole rings is 2. The number of nitrogens with zero attached hydrogens (tertiary/aromatic N) is 5. The molecule has 5 aromatic rings. The average Bonchev–Trinajstić information content (AvgIpc) is 3.35. The Kier molecular flexibility index (Phi) is 4.83. The van der Waals surface area contributed by atoms with Gasteiger partial charge < -0.3 is 0 Å². The van der Waals surface area contributed by atoms with Crippen molar-refractivity contribution in [2.45, 2.75) is 19.9 Å². The third-order valence-electron chi connectivity index (χ3n) is 5.93. The van der Waals surface area contributed by atoms with E-state index in [9.17, 15) is 14.4 Å². The maximum atomic E-state index is 13.5. The fourth-order valence-corrected chi connectivity index (χ4v) is 4.17. The number of Topliss-reactive ketones (excluding diaryl/α,β-unsaturated/α-hetero) is 1. The first-order valence-electron chi connectivity index (χ1n) is 10.4. The number of rotatable bonds is 4. The predicted molar refractivity (Wildman–Crippen MR) is 127 cm³/mol. The Balaban J connectivity index is 1.94. The highest BCUT2D eigenvalue weighted by Crippen LogP contribution is 2.29. The van der Waals surface area contributed by atoms with E-state index in [1.54, 1.807) is 30.5 Å². The maximum Gasteiger partial charge on any atom is 0.333 e. The minimum atomic E-state index is -0.891. The van der Waals surface area contributed by atoms with Crippen molar-refractivity contribution in [3.8, 4) is 16.9 Å². The van der Waals surface area contributed by atoms with E-state index in [2.05, 4.69) is 4.98 Å². The van der Waals surface area contributed by atoms with Crippen LogP contribution in [-0.2, 0) is 11.8 Å². The predicted octanol–water partition coefficient (Wildman–Crippen LogP) is 3.61. The molecule has 0 aliphatic carbocycles. The highest BCUT2D eigenvalue weighted by molar-refractivity contribution is 6.30. The van der Waals surface area contributed by atoms with Crippen LogP contribution in [-0.4, -0.2) is 28.9 Å². The van der Waals surface area contributed by atoms with Crippen LogP contribution < -0.4 is 11.2 Å². The summed E-state index contributed by atoms with van der Waals surface area (Å²) in [5.74, 6) is 0.185. The van der Waals surface area contributed by atoms with Gasteiger partial charge in [0.15, 0.2) is 16.9 Å². The first-order valence-corrected chi connectivity index (χ1v) is 10.7. The van der Waals surface area contributed by atoms with Crippen molar-refractivity contribution in [3.63, 3.8) is 0 Å². The lowest BCUT2D eigenvalue weighted by atomic mass is 10.1. The first kappa shape index (κ1) is 21.0. The maximum absolute atomic E-state index is 13.5. The van der Waals surface area contributed by atoms with E-state index in [0.717, 1.165) is 21.5 Å². The molecule has 0 bridgehead atoms. The minimum Gasteiger partial charge on any atom is -0.298 e. The van der Waals surface area contributed by atoms with E-state index in [4.69, 9.17) is 11.6 Å². The molecule has 1 atom stereocenters. The van der Waals surface area contributed by atoms with Crippen molar-refractivity contribution < 1.29 is 4.79 Å². The molecular formula is C24H20ClN5O3. The summed E-state index contributed by atoms with van der Waals surface area (Å²) in [6.07, 6.45) is 1.82. The number of carbonyl (C=O) groups excluding carboxylic acids is 1. The molecule has 33 heavy (non-hydrogen) atoms. The van der Waals surface area contributed by atoms with E-state index in [1.165, 1.54) is 11.5 Å². The molecule has 0 N–H and O–H groups in total. The highest BCUT2D eigenvalue weighted by atomic mass is 35.5. The van der Waals surface area contributed by atoms with Gasteiger partial charge in [0.25, 0.3) is 5.56 Å². The van der Waals surface area contributed by atoms with Crippen molar-refractivity contribution in [2.24, 2.45) is 7.05 Å². The molecule has 5 rings (SSSR count). The van der Waals surface area contributed by atoms with Crippen LogP contribution in [0.1, 0.15) is 19.9 Å². The summed E-state index contributed by atoms with van der Waals surface area (Å²) in [4.78, 5) is 43.1. The highest BCUT2D eigenvalue weighted by Gasteiger charge is 2.25. The number of aryl methyl sites for hydroxylation is 1. The van der Waals surface area contributed by atoms with Crippen molar-refractivity contribution >= 4 is 34.3 Å². The molecule has 0 amide bonds. The van der Waals surface area contributed by atoms with Crippen LogP contribution in [0.15, 0.2) is 70.4 Å². The van der Waals surface area contributed by atoms with E-state index < -0.39 is 17.3 Å².